The van der Waals surface area contributed by atoms with Gasteiger partial charge in [0, 0.05) is 10.9 Å². The first-order valence-corrected chi connectivity index (χ1v) is 7.21. The fraction of sp³-hybridized carbons (Fsp3) is 0.533. The van der Waals surface area contributed by atoms with E-state index in [4.69, 9.17) is 0 Å². The van der Waals surface area contributed by atoms with Crippen LogP contribution in [0.5, 0.6) is 0 Å². The predicted octanol–water partition coefficient (Wildman–Crippen LogP) is 4.99. The molecule has 19 heavy (non-hydrogen) atoms. The highest BCUT2D eigenvalue weighted by Crippen LogP contribution is 2.26. The average molecular weight is 330 g/mol. The van der Waals surface area contributed by atoms with E-state index in [9.17, 15) is 9.18 Å². The third-order valence-corrected chi connectivity index (χ3v) is 3.19. The third kappa shape index (κ3) is 6.19. The number of benzene rings is 1. The van der Waals surface area contributed by atoms with Gasteiger partial charge in [0.1, 0.15) is 5.82 Å². The minimum Gasteiger partial charge on any atom is -0.324 e. The van der Waals surface area contributed by atoms with Gasteiger partial charge in [0.15, 0.2) is 0 Å². The van der Waals surface area contributed by atoms with Gasteiger partial charge >= 0.3 is 0 Å². The second-order valence-electron chi connectivity index (χ2n) is 6.25. The molecule has 1 amide bonds. The molecule has 0 aliphatic rings. The molecular weight excluding hydrogens is 309 g/mol. The van der Waals surface area contributed by atoms with Crippen molar-refractivity contribution in [1.82, 2.24) is 0 Å². The number of hydrogen-bond donors (Lipinski definition) is 1. The van der Waals surface area contributed by atoms with Crippen LogP contribution in [-0.2, 0) is 4.79 Å². The summed E-state index contributed by atoms with van der Waals surface area (Å²) in [5.41, 5.74) is 0.430. The second kappa shape index (κ2) is 6.51. The van der Waals surface area contributed by atoms with E-state index < -0.39 is 5.82 Å². The molecule has 0 radical (unpaired) electrons. The van der Waals surface area contributed by atoms with E-state index in [1.807, 2.05) is 6.92 Å². The molecule has 1 N–H and O–H groups in total. The quantitative estimate of drug-likeness (QED) is 0.828. The van der Waals surface area contributed by atoms with Crippen LogP contribution in [0.25, 0.3) is 0 Å². The molecular formula is C15H21BrFNO. The second-order valence-corrected chi connectivity index (χ2v) is 7.16. The zero-order chi connectivity index (χ0) is 14.6. The van der Waals surface area contributed by atoms with Crippen molar-refractivity contribution in [3.05, 3.63) is 28.5 Å². The van der Waals surface area contributed by atoms with E-state index in [1.54, 1.807) is 12.1 Å². The summed E-state index contributed by atoms with van der Waals surface area (Å²) < 4.78 is 14.2. The molecule has 0 aliphatic heterocycles. The average Bonchev–Trinajstić information content (AvgIpc) is 2.19. The summed E-state index contributed by atoms with van der Waals surface area (Å²) in [6.07, 6.45) is 1.37. The van der Waals surface area contributed by atoms with Gasteiger partial charge in [-0.05, 0) is 36.0 Å². The first-order valence-electron chi connectivity index (χ1n) is 6.42. The SMILES string of the molecule is CC(CC(=O)Nc1ccc(Br)cc1F)CC(C)(C)C. The van der Waals surface area contributed by atoms with Crippen molar-refractivity contribution in [2.75, 3.05) is 5.32 Å². The maximum Gasteiger partial charge on any atom is 0.224 e. The van der Waals surface area contributed by atoms with Crippen molar-refractivity contribution >= 4 is 27.5 Å². The number of nitrogens with one attached hydrogen (secondary N) is 1. The minimum atomic E-state index is -0.425. The van der Waals surface area contributed by atoms with Crippen molar-refractivity contribution in [3.63, 3.8) is 0 Å². The number of halogens is 2. The van der Waals surface area contributed by atoms with E-state index >= 15 is 0 Å². The lowest BCUT2D eigenvalue weighted by Gasteiger charge is -2.22. The lowest BCUT2D eigenvalue weighted by molar-refractivity contribution is -0.117. The number of rotatable bonds is 4. The summed E-state index contributed by atoms with van der Waals surface area (Å²) >= 11 is 3.18. The molecule has 0 fully saturated rings. The minimum absolute atomic E-state index is 0.141. The first-order chi connectivity index (χ1) is 8.67. The van der Waals surface area contributed by atoms with Crippen molar-refractivity contribution in [3.8, 4) is 0 Å². The number of carbonyl (C=O) groups is 1. The number of carbonyl (C=O) groups excluding carboxylic acids is 1. The molecule has 106 valence electrons. The number of hydrogen-bond acceptors (Lipinski definition) is 1. The Balaban J connectivity index is 2.56. The van der Waals surface area contributed by atoms with Crippen LogP contribution >= 0.6 is 15.9 Å². The molecule has 0 saturated heterocycles. The van der Waals surface area contributed by atoms with Gasteiger partial charge < -0.3 is 5.32 Å². The summed E-state index contributed by atoms with van der Waals surface area (Å²) in [6.45, 7) is 8.49. The lowest BCUT2D eigenvalue weighted by Crippen LogP contribution is -2.19. The zero-order valence-electron chi connectivity index (χ0n) is 11.9. The van der Waals surface area contributed by atoms with Gasteiger partial charge in [-0.2, -0.15) is 0 Å². The predicted molar refractivity (Wildman–Crippen MR) is 80.6 cm³/mol. The Hall–Kier alpha value is -0.900. The highest BCUT2D eigenvalue weighted by atomic mass is 79.9. The van der Waals surface area contributed by atoms with Gasteiger partial charge in [0.25, 0.3) is 0 Å². The monoisotopic (exact) mass is 329 g/mol. The van der Waals surface area contributed by atoms with Crippen LogP contribution in [0.4, 0.5) is 10.1 Å². The van der Waals surface area contributed by atoms with Crippen LogP contribution in [0.3, 0.4) is 0 Å². The third-order valence-electron chi connectivity index (χ3n) is 2.70. The molecule has 4 heteroatoms. The molecule has 1 aromatic rings. The fourth-order valence-corrected chi connectivity index (χ4v) is 2.56. The molecule has 1 unspecified atom stereocenters. The smallest absolute Gasteiger partial charge is 0.224 e. The molecule has 1 rings (SSSR count). The van der Waals surface area contributed by atoms with E-state index in [-0.39, 0.29) is 22.9 Å². The molecule has 1 aromatic carbocycles. The molecule has 0 bridgehead atoms. The molecule has 0 aromatic heterocycles. The van der Waals surface area contributed by atoms with Crippen LogP contribution in [0.15, 0.2) is 22.7 Å². The van der Waals surface area contributed by atoms with Crippen molar-refractivity contribution in [2.24, 2.45) is 11.3 Å². The normalized spacial score (nSPS) is 13.2. The maximum absolute atomic E-state index is 13.6. The summed E-state index contributed by atoms with van der Waals surface area (Å²) in [4.78, 5) is 11.9. The number of amides is 1. The Morgan fingerprint density at radius 2 is 2.05 bits per heavy atom. The van der Waals surface area contributed by atoms with Gasteiger partial charge in [-0.15, -0.1) is 0 Å². The molecule has 2 nitrogen and oxygen atoms in total. The van der Waals surface area contributed by atoms with Crippen molar-refractivity contribution in [2.45, 2.75) is 40.5 Å². The van der Waals surface area contributed by atoms with Gasteiger partial charge in [0.2, 0.25) is 5.91 Å². The Labute approximate surface area is 122 Å². The highest BCUT2D eigenvalue weighted by Gasteiger charge is 2.18. The van der Waals surface area contributed by atoms with Crippen LogP contribution in [0.2, 0.25) is 0 Å². The fourth-order valence-electron chi connectivity index (χ4n) is 2.23. The summed E-state index contributed by atoms with van der Waals surface area (Å²) in [5, 5.41) is 2.62. The molecule has 1 atom stereocenters. The molecule has 0 heterocycles. The molecule has 0 saturated carbocycles. The van der Waals surface area contributed by atoms with Gasteiger partial charge in [-0.3, -0.25) is 4.79 Å². The standard InChI is InChI=1S/C15H21BrFNO/c1-10(9-15(2,3)4)7-14(19)18-13-6-5-11(16)8-12(13)17/h5-6,8,10H,7,9H2,1-4H3,(H,18,19). The Morgan fingerprint density at radius 3 is 2.58 bits per heavy atom. The zero-order valence-corrected chi connectivity index (χ0v) is 13.5. The van der Waals surface area contributed by atoms with Crippen molar-refractivity contribution < 1.29 is 9.18 Å². The van der Waals surface area contributed by atoms with Gasteiger partial charge in [-0.25, -0.2) is 4.39 Å². The van der Waals surface area contributed by atoms with E-state index in [1.165, 1.54) is 6.07 Å². The van der Waals surface area contributed by atoms with E-state index in [0.29, 0.717) is 10.9 Å². The topological polar surface area (TPSA) is 29.1 Å². The Morgan fingerprint density at radius 1 is 1.42 bits per heavy atom. The summed E-state index contributed by atoms with van der Waals surface area (Å²) in [7, 11) is 0. The largest absolute Gasteiger partial charge is 0.324 e. The molecule has 0 spiro atoms. The summed E-state index contributed by atoms with van der Waals surface area (Å²) in [6, 6.07) is 4.61. The Bertz CT molecular complexity index is 454. The van der Waals surface area contributed by atoms with Crippen molar-refractivity contribution in [1.29, 1.82) is 0 Å². The highest BCUT2D eigenvalue weighted by molar-refractivity contribution is 9.10. The van der Waals surface area contributed by atoms with Crippen LogP contribution in [-0.4, -0.2) is 5.91 Å². The summed E-state index contributed by atoms with van der Waals surface area (Å²) in [5.74, 6) is -0.289. The van der Waals surface area contributed by atoms with Gasteiger partial charge in [0.05, 0.1) is 5.69 Å². The Kier molecular flexibility index (Phi) is 5.53. The number of anilines is 1. The maximum atomic E-state index is 13.6. The van der Waals surface area contributed by atoms with E-state index in [2.05, 4.69) is 42.0 Å². The van der Waals surface area contributed by atoms with Crippen LogP contribution in [0.1, 0.15) is 40.5 Å². The van der Waals surface area contributed by atoms with E-state index in [0.717, 1.165) is 6.42 Å². The molecule has 0 aliphatic carbocycles. The lowest BCUT2D eigenvalue weighted by atomic mass is 9.84. The van der Waals surface area contributed by atoms with Crippen LogP contribution in [0, 0.1) is 17.2 Å². The van der Waals surface area contributed by atoms with Crippen LogP contribution < -0.4 is 5.32 Å². The van der Waals surface area contributed by atoms with Gasteiger partial charge in [-0.1, -0.05) is 43.6 Å². The first kappa shape index (κ1) is 16.2.